The quantitative estimate of drug-likeness (QED) is 0.843. The van der Waals surface area contributed by atoms with Crippen molar-refractivity contribution >= 4 is 22.6 Å². The molecule has 2 rings (SSSR count). The maximum Gasteiger partial charge on any atom is 0.282 e. The first kappa shape index (κ1) is 16.2. The third-order valence-electron chi connectivity index (χ3n) is 3.97. The molecule has 0 aromatic rings. The zero-order valence-electron chi connectivity index (χ0n) is 10.9. The third-order valence-corrected chi connectivity index (χ3v) is 5.98. The van der Waals surface area contributed by atoms with Crippen molar-refractivity contribution < 1.29 is 8.42 Å². The maximum absolute atomic E-state index is 12.4. The zero-order valence-corrected chi connectivity index (χ0v) is 12.5. The molecule has 0 radical (unpaired) electrons. The molecule has 1 atom stereocenters. The van der Waals surface area contributed by atoms with Crippen LogP contribution in [0.4, 0.5) is 0 Å². The predicted octanol–water partition coefficient (Wildman–Crippen LogP) is 0.950. The van der Waals surface area contributed by atoms with Gasteiger partial charge < -0.3 is 5.73 Å². The topological polar surface area (TPSA) is 66.6 Å². The van der Waals surface area contributed by atoms with Gasteiger partial charge >= 0.3 is 0 Å². The van der Waals surface area contributed by atoms with E-state index in [2.05, 4.69) is 0 Å². The van der Waals surface area contributed by atoms with Gasteiger partial charge in [-0.25, -0.2) is 0 Å². The molecule has 5 nitrogen and oxygen atoms in total. The van der Waals surface area contributed by atoms with Gasteiger partial charge in [0, 0.05) is 32.2 Å². The van der Waals surface area contributed by atoms with Crippen LogP contribution in [-0.2, 0) is 10.2 Å². The lowest BCUT2D eigenvalue weighted by molar-refractivity contribution is 0.268. The number of nitrogens with zero attached hydrogens (tertiary/aromatic N) is 2. The lowest BCUT2D eigenvalue weighted by atomic mass is 9.96. The Bertz CT molecular complexity index is 357. The minimum Gasteiger partial charge on any atom is -0.326 e. The second kappa shape index (κ2) is 6.52. The lowest BCUT2D eigenvalue weighted by Gasteiger charge is -2.33. The molecular formula is C11H24ClN3O2S. The van der Waals surface area contributed by atoms with Gasteiger partial charge in [-0.1, -0.05) is 19.3 Å². The maximum atomic E-state index is 12.4. The van der Waals surface area contributed by atoms with E-state index < -0.39 is 10.2 Å². The van der Waals surface area contributed by atoms with Crippen molar-refractivity contribution in [1.82, 2.24) is 8.61 Å². The highest BCUT2D eigenvalue weighted by atomic mass is 35.5. The minimum absolute atomic E-state index is 0. The summed E-state index contributed by atoms with van der Waals surface area (Å²) in [7, 11) is -1.57. The Hall–Kier alpha value is 0.120. The average Bonchev–Trinajstić information content (AvgIpc) is 2.77. The summed E-state index contributed by atoms with van der Waals surface area (Å²) in [6, 6.07) is 0.190. The fourth-order valence-corrected chi connectivity index (χ4v) is 4.45. The molecule has 108 valence electrons. The van der Waals surface area contributed by atoms with Crippen LogP contribution in [0.2, 0.25) is 0 Å². The third kappa shape index (κ3) is 3.36. The van der Waals surface area contributed by atoms with Gasteiger partial charge in [0.15, 0.2) is 0 Å². The fraction of sp³-hybridized carbons (Fsp3) is 1.00. The summed E-state index contributed by atoms with van der Waals surface area (Å²) in [5.41, 5.74) is 5.78. The highest BCUT2D eigenvalue weighted by molar-refractivity contribution is 7.86. The van der Waals surface area contributed by atoms with Gasteiger partial charge in [0.25, 0.3) is 10.2 Å². The van der Waals surface area contributed by atoms with Gasteiger partial charge in [-0.15, -0.1) is 12.4 Å². The molecule has 7 heteroatoms. The monoisotopic (exact) mass is 297 g/mol. The first-order chi connectivity index (χ1) is 8.01. The highest BCUT2D eigenvalue weighted by Gasteiger charge is 2.35. The standard InChI is InChI=1S/C11H23N3O2S.ClH/c1-13(11-5-3-2-4-6-11)17(15,16)14-8-7-10(12)9-14;/h10-11H,2-9,12H2,1H3;1H/t10-;/m1./s1. The number of halogens is 1. The Kier molecular flexibility index (Phi) is 5.86. The molecule has 0 aromatic heterocycles. The van der Waals surface area contributed by atoms with Gasteiger partial charge in [0.2, 0.25) is 0 Å². The molecule has 0 spiro atoms. The van der Waals surface area contributed by atoms with Gasteiger partial charge in [-0.2, -0.15) is 17.0 Å². The largest absolute Gasteiger partial charge is 0.326 e. The van der Waals surface area contributed by atoms with Gasteiger partial charge in [0.05, 0.1) is 0 Å². The van der Waals surface area contributed by atoms with Crippen LogP contribution in [0.3, 0.4) is 0 Å². The number of hydrogen-bond donors (Lipinski definition) is 1. The molecule has 2 fully saturated rings. The van der Waals surface area contributed by atoms with Crippen molar-refractivity contribution in [2.45, 2.75) is 50.6 Å². The molecule has 0 bridgehead atoms. The van der Waals surface area contributed by atoms with Crippen LogP contribution in [0.1, 0.15) is 38.5 Å². The molecule has 1 saturated heterocycles. The van der Waals surface area contributed by atoms with Gasteiger partial charge in [-0.05, 0) is 19.3 Å². The van der Waals surface area contributed by atoms with Crippen LogP contribution in [0, 0.1) is 0 Å². The second-order valence-corrected chi connectivity index (χ2v) is 7.21. The predicted molar refractivity (Wildman–Crippen MR) is 75.0 cm³/mol. The number of rotatable bonds is 3. The van der Waals surface area contributed by atoms with E-state index in [1.165, 1.54) is 10.7 Å². The van der Waals surface area contributed by atoms with Gasteiger partial charge in [0.1, 0.15) is 0 Å². The van der Waals surface area contributed by atoms with Crippen LogP contribution in [0.15, 0.2) is 0 Å². The molecule has 0 unspecified atom stereocenters. The Morgan fingerprint density at radius 1 is 1.17 bits per heavy atom. The normalized spacial score (nSPS) is 27.4. The fourth-order valence-electron chi connectivity index (χ4n) is 2.78. The Labute approximate surface area is 116 Å². The summed E-state index contributed by atoms with van der Waals surface area (Å²) in [6.07, 6.45) is 6.29. The summed E-state index contributed by atoms with van der Waals surface area (Å²) in [5.74, 6) is 0. The van der Waals surface area contributed by atoms with Crippen molar-refractivity contribution in [3.8, 4) is 0 Å². The summed E-state index contributed by atoms with van der Waals surface area (Å²) < 4.78 is 27.9. The average molecular weight is 298 g/mol. The second-order valence-electron chi connectivity index (χ2n) is 5.22. The molecular weight excluding hydrogens is 274 g/mol. The molecule has 18 heavy (non-hydrogen) atoms. The molecule has 1 heterocycles. The van der Waals surface area contributed by atoms with E-state index in [0.29, 0.717) is 13.1 Å². The first-order valence-electron chi connectivity index (χ1n) is 6.50. The summed E-state index contributed by atoms with van der Waals surface area (Å²) in [6.45, 7) is 1.04. The van der Waals surface area contributed by atoms with E-state index in [4.69, 9.17) is 5.73 Å². The number of nitrogens with two attached hydrogens (primary N) is 1. The highest BCUT2D eigenvalue weighted by Crippen LogP contribution is 2.25. The van der Waals surface area contributed by atoms with Gasteiger partial charge in [-0.3, -0.25) is 0 Å². The number of hydrogen-bond acceptors (Lipinski definition) is 3. The molecule has 2 aliphatic rings. The van der Waals surface area contributed by atoms with Crippen molar-refractivity contribution in [2.75, 3.05) is 20.1 Å². The molecule has 1 aliphatic heterocycles. The van der Waals surface area contributed by atoms with E-state index in [0.717, 1.165) is 32.1 Å². The van der Waals surface area contributed by atoms with E-state index in [-0.39, 0.29) is 24.5 Å². The van der Waals surface area contributed by atoms with E-state index in [1.807, 2.05) is 0 Å². The van der Waals surface area contributed by atoms with Crippen LogP contribution in [-0.4, -0.2) is 49.2 Å². The Morgan fingerprint density at radius 2 is 1.78 bits per heavy atom. The lowest BCUT2D eigenvalue weighted by Crippen LogP contribution is -2.46. The van der Waals surface area contributed by atoms with Crippen LogP contribution >= 0.6 is 12.4 Å². The van der Waals surface area contributed by atoms with Crippen molar-refractivity contribution in [1.29, 1.82) is 0 Å². The van der Waals surface area contributed by atoms with E-state index >= 15 is 0 Å². The summed E-state index contributed by atoms with van der Waals surface area (Å²) >= 11 is 0. The summed E-state index contributed by atoms with van der Waals surface area (Å²) in [4.78, 5) is 0. The first-order valence-corrected chi connectivity index (χ1v) is 7.90. The molecule has 0 aromatic carbocycles. The van der Waals surface area contributed by atoms with E-state index in [9.17, 15) is 8.42 Å². The zero-order chi connectivity index (χ0) is 12.5. The Morgan fingerprint density at radius 3 is 2.28 bits per heavy atom. The van der Waals surface area contributed by atoms with E-state index in [1.54, 1.807) is 11.4 Å². The molecule has 2 N–H and O–H groups in total. The SMILES string of the molecule is CN(C1CCCCC1)S(=O)(=O)N1CC[C@@H](N)C1.Cl. The molecule has 1 saturated carbocycles. The van der Waals surface area contributed by atoms with Crippen LogP contribution in [0.25, 0.3) is 0 Å². The van der Waals surface area contributed by atoms with Crippen molar-refractivity contribution in [3.63, 3.8) is 0 Å². The minimum atomic E-state index is -3.28. The Balaban J connectivity index is 0.00000162. The van der Waals surface area contributed by atoms with Crippen LogP contribution < -0.4 is 5.73 Å². The van der Waals surface area contributed by atoms with Crippen LogP contribution in [0.5, 0.6) is 0 Å². The smallest absolute Gasteiger partial charge is 0.282 e. The molecule has 0 amide bonds. The van der Waals surface area contributed by atoms with Crippen molar-refractivity contribution in [2.24, 2.45) is 5.73 Å². The molecule has 1 aliphatic carbocycles. The summed E-state index contributed by atoms with van der Waals surface area (Å²) in [5, 5.41) is 0. The van der Waals surface area contributed by atoms with Crippen molar-refractivity contribution in [3.05, 3.63) is 0 Å².